The second kappa shape index (κ2) is 10.9. The smallest absolute Gasteiger partial charge is 0.260 e. The molecule has 2 aromatic carbocycles. The number of ether oxygens (including phenoxy) is 2. The summed E-state index contributed by atoms with van der Waals surface area (Å²) >= 11 is 1.46. The molecule has 0 saturated carbocycles. The zero-order valence-corrected chi connectivity index (χ0v) is 19.7. The Morgan fingerprint density at radius 3 is 2.64 bits per heavy atom. The monoisotopic (exact) mass is 461 g/mol. The van der Waals surface area contributed by atoms with E-state index in [0.29, 0.717) is 29.6 Å². The predicted molar refractivity (Wildman–Crippen MR) is 132 cm³/mol. The molecule has 0 atom stereocenters. The molecular weight excluding hydrogens is 434 g/mol. The van der Waals surface area contributed by atoms with Crippen molar-refractivity contribution in [3.63, 3.8) is 0 Å². The lowest BCUT2D eigenvalue weighted by atomic mass is 10.1. The molecule has 6 nitrogen and oxygen atoms in total. The molecule has 0 aliphatic heterocycles. The quantitative estimate of drug-likeness (QED) is 0.266. The second-order valence-electron chi connectivity index (χ2n) is 7.64. The van der Waals surface area contributed by atoms with Crippen LogP contribution in [0.3, 0.4) is 0 Å². The number of methoxy groups -OCH3 is 1. The number of aromatic nitrogens is 2. The fraction of sp³-hybridized carbons (Fsp3) is 0.269. The summed E-state index contributed by atoms with van der Waals surface area (Å²) in [6.07, 6.45) is 6.81. The highest BCUT2D eigenvalue weighted by atomic mass is 32.1. The second-order valence-corrected chi connectivity index (χ2v) is 8.65. The maximum absolute atomic E-state index is 13.6. The molecule has 0 aliphatic rings. The molecular formula is C26H27N3O3S. The van der Waals surface area contributed by atoms with Gasteiger partial charge in [-0.1, -0.05) is 43.2 Å². The van der Waals surface area contributed by atoms with Crippen LogP contribution in [0.1, 0.15) is 42.1 Å². The van der Waals surface area contributed by atoms with Gasteiger partial charge in [-0.2, -0.15) is 0 Å². The highest BCUT2D eigenvalue weighted by Crippen LogP contribution is 2.35. The van der Waals surface area contributed by atoms with Crippen molar-refractivity contribution in [2.75, 3.05) is 18.6 Å². The third kappa shape index (κ3) is 5.49. The van der Waals surface area contributed by atoms with E-state index in [1.807, 2.05) is 54.6 Å². The number of benzene rings is 2. The fourth-order valence-electron chi connectivity index (χ4n) is 3.48. The molecule has 4 aromatic rings. The van der Waals surface area contributed by atoms with Crippen LogP contribution in [0.15, 0.2) is 67.0 Å². The number of thiazole rings is 1. The van der Waals surface area contributed by atoms with Gasteiger partial charge in [0.25, 0.3) is 5.91 Å². The molecule has 7 heteroatoms. The van der Waals surface area contributed by atoms with Crippen LogP contribution >= 0.6 is 11.3 Å². The Morgan fingerprint density at radius 2 is 1.91 bits per heavy atom. The lowest BCUT2D eigenvalue weighted by Crippen LogP contribution is -2.30. The molecule has 0 unspecified atom stereocenters. The third-order valence-electron chi connectivity index (χ3n) is 5.25. The van der Waals surface area contributed by atoms with Gasteiger partial charge in [-0.05, 0) is 54.4 Å². The summed E-state index contributed by atoms with van der Waals surface area (Å²) < 4.78 is 12.2. The van der Waals surface area contributed by atoms with E-state index in [-0.39, 0.29) is 5.91 Å². The summed E-state index contributed by atoms with van der Waals surface area (Å²) in [5.41, 5.74) is 2.25. The number of carbonyl (C=O) groups excluding carboxylic acids is 1. The Morgan fingerprint density at radius 1 is 1.06 bits per heavy atom. The molecule has 33 heavy (non-hydrogen) atoms. The van der Waals surface area contributed by atoms with Crippen LogP contribution in [0, 0.1) is 0 Å². The number of fused-ring (bicyclic) bond motifs is 1. The molecule has 0 radical (unpaired) electrons. The number of rotatable bonds is 10. The van der Waals surface area contributed by atoms with Crippen molar-refractivity contribution in [3.8, 4) is 11.5 Å². The van der Waals surface area contributed by atoms with E-state index in [4.69, 9.17) is 14.5 Å². The molecule has 2 aromatic heterocycles. The van der Waals surface area contributed by atoms with Crippen LogP contribution in [0.25, 0.3) is 10.2 Å². The van der Waals surface area contributed by atoms with E-state index < -0.39 is 0 Å². The van der Waals surface area contributed by atoms with Crippen molar-refractivity contribution in [1.82, 2.24) is 9.97 Å². The summed E-state index contributed by atoms with van der Waals surface area (Å²) in [5, 5.41) is 0.614. The van der Waals surface area contributed by atoms with E-state index in [9.17, 15) is 4.79 Å². The minimum atomic E-state index is -0.130. The minimum absolute atomic E-state index is 0.130. The number of hydrogen-bond donors (Lipinski definition) is 0. The number of amides is 1. The summed E-state index contributed by atoms with van der Waals surface area (Å²) in [5.74, 6) is 1.33. The average Bonchev–Trinajstić information content (AvgIpc) is 3.30. The maximum Gasteiger partial charge on any atom is 0.260 e. The maximum atomic E-state index is 13.6. The van der Waals surface area contributed by atoms with Crippen molar-refractivity contribution in [2.24, 2.45) is 0 Å². The van der Waals surface area contributed by atoms with Crippen LogP contribution in [-0.2, 0) is 6.54 Å². The van der Waals surface area contributed by atoms with Gasteiger partial charge in [-0.15, -0.1) is 0 Å². The van der Waals surface area contributed by atoms with Crippen LogP contribution in [0.5, 0.6) is 11.5 Å². The number of pyridine rings is 1. The molecule has 0 aliphatic carbocycles. The van der Waals surface area contributed by atoms with Crippen LogP contribution < -0.4 is 14.4 Å². The lowest BCUT2D eigenvalue weighted by molar-refractivity contribution is 0.0985. The third-order valence-corrected chi connectivity index (χ3v) is 6.29. The SMILES string of the molecule is CCCCCOc1ccc(C(=O)N(Cc2cccnc2)c2nc3c(OC)cccc3s2)cc1. The first kappa shape index (κ1) is 22.7. The number of hydrogen-bond acceptors (Lipinski definition) is 6. The van der Waals surface area contributed by atoms with Gasteiger partial charge in [0, 0.05) is 18.0 Å². The first-order valence-corrected chi connectivity index (χ1v) is 11.9. The van der Waals surface area contributed by atoms with Gasteiger partial charge < -0.3 is 9.47 Å². The van der Waals surface area contributed by atoms with E-state index in [1.165, 1.54) is 11.3 Å². The normalized spacial score (nSPS) is 10.8. The molecule has 1 amide bonds. The first-order chi connectivity index (χ1) is 16.2. The standard InChI is InChI=1S/C26H27N3O3S/c1-3-4-5-16-32-21-13-11-20(12-14-21)25(30)29(18-19-8-7-15-27-17-19)26-28-24-22(31-2)9-6-10-23(24)33-26/h6-15,17H,3-5,16,18H2,1-2H3. The van der Waals surface area contributed by atoms with Crippen molar-refractivity contribution in [1.29, 1.82) is 0 Å². The van der Waals surface area contributed by atoms with E-state index in [0.717, 1.165) is 40.8 Å². The van der Waals surface area contributed by atoms with Crippen molar-refractivity contribution < 1.29 is 14.3 Å². The van der Waals surface area contributed by atoms with Gasteiger partial charge in [0.1, 0.15) is 17.0 Å². The predicted octanol–water partition coefficient (Wildman–Crippen LogP) is 6.12. The van der Waals surface area contributed by atoms with Crippen LogP contribution in [-0.4, -0.2) is 29.6 Å². The molecule has 170 valence electrons. The lowest BCUT2D eigenvalue weighted by Gasteiger charge is -2.20. The Bertz CT molecular complexity index is 1190. The van der Waals surface area contributed by atoms with Crippen LogP contribution in [0.4, 0.5) is 5.13 Å². The van der Waals surface area contributed by atoms with Gasteiger partial charge in [-0.3, -0.25) is 14.7 Å². The Labute approximate surface area is 197 Å². The summed E-state index contributed by atoms with van der Waals surface area (Å²) in [6, 6.07) is 16.9. The van der Waals surface area contributed by atoms with Gasteiger partial charge in [0.2, 0.25) is 0 Å². The molecule has 0 spiro atoms. The highest BCUT2D eigenvalue weighted by molar-refractivity contribution is 7.22. The fourth-order valence-corrected chi connectivity index (χ4v) is 4.46. The summed E-state index contributed by atoms with van der Waals surface area (Å²) in [4.78, 5) is 24.2. The number of unbranched alkanes of at least 4 members (excludes halogenated alkanes) is 2. The number of anilines is 1. The van der Waals surface area contributed by atoms with E-state index >= 15 is 0 Å². The van der Waals surface area contributed by atoms with E-state index in [2.05, 4.69) is 11.9 Å². The van der Waals surface area contributed by atoms with Crippen molar-refractivity contribution in [2.45, 2.75) is 32.7 Å². The Kier molecular flexibility index (Phi) is 7.52. The summed E-state index contributed by atoms with van der Waals surface area (Å²) in [6.45, 7) is 3.21. The van der Waals surface area contributed by atoms with E-state index in [1.54, 1.807) is 24.4 Å². The van der Waals surface area contributed by atoms with Crippen LogP contribution in [0.2, 0.25) is 0 Å². The average molecular weight is 462 g/mol. The number of nitrogens with zero attached hydrogens (tertiary/aromatic N) is 3. The molecule has 0 fully saturated rings. The Balaban J connectivity index is 1.62. The molecule has 0 bridgehead atoms. The highest BCUT2D eigenvalue weighted by Gasteiger charge is 2.23. The van der Waals surface area contributed by atoms with Gasteiger partial charge in [0.05, 0.1) is 25.0 Å². The Hall–Kier alpha value is -3.45. The summed E-state index contributed by atoms with van der Waals surface area (Å²) in [7, 11) is 1.62. The molecule has 2 heterocycles. The zero-order chi connectivity index (χ0) is 23.0. The van der Waals surface area contributed by atoms with Crippen molar-refractivity contribution >= 4 is 32.6 Å². The zero-order valence-electron chi connectivity index (χ0n) is 18.9. The van der Waals surface area contributed by atoms with Gasteiger partial charge >= 0.3 is 0 Å². The van der Waals surface area contributed by atoms with Crippen molar-refractivity contribution in [3.05, 3.63) is 78.1 Å². The topological polar surface area (TPSA) is 64.5 Å². The molecule has 0 N–H and O–H groups in total. The van der Waals surface area contributed by atoms with Gasteiger partial charge in [-0.25, -0.2) is 4.98 Å². The minimum Gasteiger partial charge on any atom is -0.494 e. The first-order valence-electron chi connectivity index (χ1n) is 11.1. The molecule has 4 rings (SSSR count). The number of para-hydroxylation sites is 1. The number of carbonyl (C=O) groups is 1. The van der Waals surface area contributed by atoms with Gasteiger partial charge in [0.15, 0.2) is 5.13 Å². The molecule has 0 saturated heterocycles. The largest absolute Gasteiger partial charge is 0.494 e.